The third-order valence-electron chi connectivity index (χ3n) is 4.04. The van der Waals surface area contributed by atoms with Crippen LogP contribution < -0.4 is 5.43 Å². The highest BCUT2D eigenvalue weighted by Gasteiger charge is 2.19. The van der Waals surface area contributed by atoms with Crippen LogP contribution in [-0.4, -0.2) is 40.4 Å². The van der Waals surface area contributed by atoms with Gasteiger partial charge in [0.2, 0.25) is 5.88 Å². The summed E-state index contributed by atoms with van der Waals surface area (Å²) in [4.78, 5) is 2.46. The van der Waals surface area contributed by atoms with E-state index in [9.17, 15) is 5.11 Å². The predicted octanol–water partition coefficient (Wildman–Crippen LogP) is 2.37. The van der Waals surface area contributed by atoms with E-state index in [2.05, 4.69) is 17.2 Å². The summed E-state index contributed by atoms with van der Waals surface area (Å²) in [5.74, 6) is 0.291. The van der Waals surface area contributed by atoms with E-state index in [0.717, 1.165) is 43.4 Å². The van der Waals surface area contributed by atoms with E-state index in [1.165, 1.54) is 0 Å². The fourth-order valence-corrected chi connectivity index (χ4v) is 2.84. The third-order valence-corrected chi connectivity index (χ3v) is 4.04. The normalized spacial score (nSPS) is 17.9. The number of hydrogen-bond acceptors (Lipinski definition) is 3. The number of nitrogens with zero attached hydrogens (tertiary/aromatic N) is 2. The van der Waals surface area contributed by atoms with Crippen LogP contribution >= 0.6 is 0 Å². The molecule has 2 N–H and O–H groups in total. The van der Waals surface area contributed by atoms with Gasteiger partial charge in [0.25, 0.3) is 0 Å². The van der Waals surface area contributed by atoms with Gasteiger partial charge in [-0.2, -0.15) is 0 Å². The highest BCUT2D eigenvalue weighted by Crippen LogP contribution is 2.24. The maximum atomic E-state index is 10.1. The number of hydrogen-bond donors (Lipinski definition) is 2. The van der Waals surface area contributed by atoms with Crippen LogP contribution in [0, 0.1) is 0 Å². The van der Waals surface area contributed by atoms with Gasteiger partial charge in [-0.1, -0.05) is 25.1 Å². The molecule has 0 atom stereocenters. The minimum absolute atomic E-state index is 0.291. The number of para-hydroxylation sites is 1. The Balaban J connectivity index is 1.77. The Kier molecular flexibility index (Phi) is 3.34. The fraction of sp³-hybridized carbons (Fsp3) is 0.467. The number of likely N-dealkylation sites (tertiary alicyclic amines) is 1. The molecule has 1 aliphatic rings. The van der Waals surface area contributed by atoms with Gasteiger partial charge in [-0.05, 0) is 25.5 Å². The standard InChI is InChI=1S/C15H21N3O/c1-2-17-9-7-13(8-10-17)16-18-14-6-4-3-5-12(14)11-15(18)19/h3-6,11,13,16,19H,2,7-10H2,1H3. The van der Waals surface area contributed by atoms with Crippen LogP contribution in [0.4, 0.5) is 0 Å². The molecule has 0 spiro atoms. The first-order chi connectivity index (χ1) is 9.28. The van der Waals surface area contributed by atoms with Gasteiger partial charge in [0, 0.05) is 30.6 Å². The quantitative estimate of drug-likeness (QED) is 0.889. The summed E-state index contributed by atoms with van der Waals surface area (Å²) >= 11 is 0. The lowest BCUT2D eigenvalue weighted by atomic mass is 10.1. The van der Waals surface area contributed by atoms with Crippen LogP contribution in [0.1, 0.15) is 19.8 Å². The Morgan fingerprint density at radius 1 is 1.26 bits per heavy atom. The maximum absolute atomic E-state index is 10.1. The van der Waals surface area contributed by atoms with Gasteiger partial charge in [0.1, 0.15) is 0 Å². The molecule has 2 heterocycles. The van der Waals surface area contributed by atoms with Crippen molar-refractivity contribution >= 4 is 10.9 Å². The van der Waals surface area contributed by atoms with Crippen LogP contribution in [0.3, 0.4) is 0 Å². The second-order valence-corrected chi connectivity index (χ2v) is 5.23. The highest BCUT2D eigenvalue weighted by molar-refractivity contribution is 5.82. The van der Waals surface area contributed by atoms with Crippen molar-refractivity contribution in [2.24, 2.45) is 0 Å². The number of rotatable bonds is 3. The number of aromatic hydroxyl groups is 1. The molecule has 4 heteroatoms. The van der Waals surface area contributed by atoms with Crippen LogP contribution in [0.5, 0.6) is 5.88 Å². The van der Waals surface area contributed by atoms with Crippen molar-refractivity contribution in [3.63, 3.8) is 0 Å². The molecule has 1 fully saturated rings. The number of aromatic nitrogens is 1. The largest absolute Gasteiger partial charge is 0.493 e. The second-order valence-electron chi connectivity index (χ2n) is 5.23. The van der Waals surface area contributed by atoms with Crippen molar-refractivity contribution in [2.75, 3.05) is 25.1 Å². The van der Waals surface area contributed by atoms with Gasteiger partial charge in [-0.25, -0.2) is 4.68 Å². The SMILES string of the molecule is CCN1CCC(Nn2c(O)cc3ccccc32)CC1. The zero-order valence-electron chi connectivity index (χ0n) is 11.3. The van der Waals surface area contributed by atoms with Crippen LogP contribution in [-0.2, 0) is 0 Å². The van der Waals surface area contributed by atoms with Gasteiger partial charge in [-0.15, -0.1) is 0 Å². The lowest BCUT2D eigenvalue weighted by Crippen LogP contribution is -2.41. The number of nitrogens with one attached hydrogen (secondary N) is 1. The molecular weight excluding hydrogens is 238 g/mol. The van der Waals surface area contributed by atoms with Gasteiger partial charge >= 0.3 is 0 Å². The van der Waals surface area contributed by atoms with E-state index in [0.29, 0.717) is 11.9 Å². The zero-order valence-corrected chi connectivity index (χ0v) is 11.3. The molecule has 4 nitrogen and oxygen atoms in total. The summed E-state index contributed by atoms with van der Waals surface area (Å²) < 4.78 is 1.82. The van der Waals surface area contributed by atoms with E-state index in [-0.39, 0.29) is 0 Å². The molecule has 0 radical (unpaired) electrons. The third kappa shape index (κ3) is 2.40. The first kappa shape index (κ1) is 12.4. The summed E-state index contributed by atoms with van der Waals surface area (Å²) in [7, 11) is 0. The molecule has 0 bridgehead atoms. The molecule has 0 unspecified atom stereocenters. The highest BCUT2D eigenvalue weighted by atomic mass is 16.3. The summed E-state index contributed by atoms with van der Waals surface area (Å²) in [6, 6.07) is 10.3. The topological polar surface area (TPSA) is 40.4 Å². The molecular formula is C15H21N3O. The summed E-state index contributed by atoms with van der Waals surface area (Å²) in [5, 5.41) is 11.1. The van der Waals surface area contributed by atoms with E-state index >= 15 is 0 Å². The molecule has 0 amide bonds. The van der Waals surface area contributed by atoms with Crippen molar-refractivity contribution in [3.05, 3.63) is 30.3 Å². The average molecular weight is 259 g/mol. The monoisotopic (exact) mass is 259 g/mol. The van der Waals surface area contributed by atoms with E-state index < -0.39 is 0 Å². The van der Waals surface area contributed by atoms with E-state index in [4.69, 9.17) is 0 Å². The predicted molar refractivity (Wildman–Crippen MR) is 78.1 cm³/mol. The molecule has 1 saturated heterocycles. The fourth-order valence-electron chi connectivity index (χ4n) is 2.84. The second kappa shape index (κ2) is 5.13. The first-order valence-corrected chi connectivity index (χ1v) is 7.06. The molecule has 0 saturated carbocycles. The van der Waals surface area contributed by atoms with E-state index in [1.807, 2.05) is 35.0 Å². The Bertz CT molecular complexity index is 556. The van der Waals surface area contributed by atoms with Gasteiger partial charge in [0.05, 0.1) is 5.52 Å². The molecule has 2 aromatic rings. The summed E-state index contributed by atoms with van der Waals surface area (Å²) in [6.45, 7) is 5.60. The zero-order chi connectivity index (χ0) is 13.2. The Labute approximate surface area is 113 Å². The smallest absolute Gasteiger partial charge is 0.211 e. The van der Waals surface area contributed by atoms with E-state index in [1.54, 1.807) is 0 Å². The van der Waals surface area contributed by atoms with Crippen LogP contribution in [0.15, 0.2) is 30.3 Å². The van der Waals surface area contributed by atoms with Gasteiger partial charge < -0.3 is 15.4 Å². The minimum atomic E-state index is 0.291. The number of piperidine rings is 1. The molecule has 1 aromatic carbocycles. The summed E-state index contributed by atoms with van der Waals surface area (Å²) in [5.41, 5.74) is 4.50. The molecule has 102 valence electrons. The lowest BCUT2D eigenvalue weighted by Gasteiger charge is -2.32. The molecule has 1 aliphatic heterocycles. The van der Waals surface area contributed by atoms with Crippen molar-refractivity contribution in [3.8, 4) is 5.88 Å². The molecule has 0 aliphatic carbocycles. The van der Waals surface area contributed by atoms with Crippen LogP contribution in [0.25, 0.3) is 10.9 Å². The Hall–Kier alpha value is -1.68. The first-order valence-electron chi connectivity index (χ1n) is 7.06. The molecule has 19 heavy (non-hydrogen) atoms. The van der Waals surface area contributed by atoms with Crippen molar-refractivity contribution in [1.82, 2.24) is 9.58 Å². The van der Waals surface area contributed by atoms with Crippen molar-refractivity contribution < 1.29 is 5.11 Å². The lowest BCUT2D eigenvalue weighted by molar-refractivity contribution is 0.224. The Morgan fingerprint density at radius 2 is 2.00 bits per heavy atom. The average Bonchev–Trinajstić information content (AvgIpc) is 2.76. The molecule has 1 aromatic heterocycles. The van der Waals surface area contributed by atoms with Crippen molar-refractivity contribution in [1.29, 1.82) is 0 Å². The van der Waals surface area contributed by atoms with Gasteiger partial charge in [0.15, 0.2) is 0 Å². The Morgan fingerprint density at radius 3 is 2.74 bits per heavy atom. The minimum Gasteiger partial charge on any atom is -0.493 e. The maximum Gasteiger partial charge on any atom is 0.211 e. The van der Waals surface area contributed by atoms with Gasteiger partial charge in [-0.3, -0.25) is 0 Å². The summed E-state index contributed by atoms with van der Waals surface area (Å²) in [6.07, 6.45) is 2.25. The van der Waals surface area contributed by atoms with Crippen molar-refractivity contribution in [2.45, 2.75) is 25.8 Å². The molecule has 3 rings (SSSR count). The number of fused-ring (bicyclic) bond motifs is 1. The van der Waals surface area contributed by atoms with Crippen LogP contribution in [0.2, 0.25) is 0 Å². The number of benzene rings is 1.